The molecule has 0 aromatic heterocycles. The lowest BCUT2D eigenvalue weighted by molar-refractivity contribution is 0.459. The molecule has 2 rings (SSSR count). The number of hydrogen-bond acceptors (Lipinski definition) is 1. The first kappa shape index (κ1) is 14.8. The van der Waals surface area contributed by atoms with Crippen molar-refractivity contribution in [2.24, 2.45) is 0 Å². The van der Waals surface area contributed by atoms with Gasteiger partial charge in [0.15, 0.2) is 0 Å². The number of benzene rings is 2. The Morgan fingerprint density at radius 2 is 1.35 bits per heavy atom. The molecule has 0 aliphatic rings. The lowest BCUT2D eigenvalue weighted by Crippen LogP contribution is -2.31. The fourth-order valence-electron chi connectivity index (χ4n) is 2.55. The zero-order chi connectivity index (χ0) is 14.2. The maximum absolute atomic E-state index is 3.78. The van der Waals surface area contributed by atoms with Crippen LogP contribution in [-0.2, 0) is 0 Å². The topological polar surface area (TPSA) is 12.0 Å². The van der Waals surface area contributed by atoms with Gasteiger partial charge in [-0.25, -0.2) is 0 Å². The van der Waals surface area contributed by atoms with E-state index in [0.29, 0.717) is 6.04 Å². The average Bonchev–Trinajstić information content (AvgIpc) is 2.52. The molecule has 0 bridgehead atoms. The highest BCUT2D eigenvalue weighted by Crippen LogP contribution is 2.23. The van der Waals surface area contributed by atoms with Crippen molar-refractivity contribution in [3.05, 3.63) is 71.8 Å². The van der Waals surface area contributed by atoms with Crippen LogP contribution in [0.3, 0.4) is 0 Å². The lowest BCUT2D eigenvalue weighted by atomic mass is 9.97. The molecule has 0 saturated heterocycles. The number of nitrogens with one attached hydrogen (secondary N) is 1. The van der Waals surface area contributed by atoms with Crippen LogP contribution in [0.4, 0.5) is 0 Å². The maximum Gasteiger partial charge on any atom is 0.0578 e. The molecule has 0 heterocycles. The van der Waals surface area contributed by atoms with Crippen molar-refractivity contribution in [2.75, 3.05) is 0 Å². The van der Waals surface area contributed by atoms with Crippen molar-refractivity contribution in [3.63, 3.8) is 0 Å². The van der Waals surface area contributed by atoms with E-state index < -0.39 is 0 Å². The molecule has 0 aliphatic heterocycles. The predicted molar refractivity (Wildman–Crippen MR) is 86.8 cm³/mol. The van der Waals surface area contributed by atoms with E-state index in [1.807, 2.05) is 0 Å². The van der Waals surface area contributed by atoms with Gasteiger partial charge in [-0.1, -0.05) is 80.4 Å². The first-order valence-corrected chi connectivity index (χ1v) is 7.67. The maximum atomic E-state index is 3.78. The normalized spacial score (nSPS) is 12.6. The van der Waals surface area contributed by atoms with Crippen molar-refractivity contribution >= 4 is 0 Å². The van der Waals surface area contributed by atoms with Crippen LogP contribution in [0.5, 0.6) is 0 Å². The van der Waals surface area contributed by atoms with E-state index in [1.54, 1.807) is 0 Å². The minimum atomic E-state index is 0.282. The minimum Gasteiger partial charge on any atom is -0.304 e. The summed E-state index contributed by atoms with van der Waals surface area (Å²) in [5.41, 5.74) is 2.67. The van der Waals surface area contributed by atoms with Gasteiger partial charge in [0, 0.05) is 6.04 Å². The third-order valence-electron chi connectivity index (χ3n) is 3.71. The molecule has 2 aromatic rings. The number of rotatable bonds is 7. The third-order valence-corrected chi connectivity index (χ3v) is 3.71. The third kappa shape index (κ3) is 4.21. The Balaban J connectivity index is 2.17. The first-order chi connectivity index (χ1) is 9.81. The van der Waals surface area contributed by atoms with E-state index >= 15 is 0 Å². The molecule has 106 valence electrons. The Kier molecular flexibility index (Phi) is 5.82. The van der Waals surface area contributed by atoms with Gasteiger partial charge in [0.25, 0.3) is 0 Å². The van der Waals surface area contributed by atoms with Crippen molar-refractivity contribution in [1.29, 1.82) is 0 Å². The Hall–Kier alpha value is -1.60. The van der Waals surface area contributed by atoms with Crippen LogP contribution in [0.2, 0.25) is 0 Å². The fraction of sp³-hybridized carbons (Fsp3) is 0.368. The fourth-order valence-corrected chi connectivity index (χ4v) is 2.55. The molecule has 0 amide bonds. The molecule has 0 aliphatic carbocycles. The van der Waals surface area contributed by atoms with E-state index in [2.05, 4.69) is 79.8 Å². The summed E-state index contributed by atoms with van der Waals surface area (Å²) in [6.45, 7) is 4.53. The molecule has 1 atom stereocenters. The molecule has 0 spiro atoms. The van der Waals surface area contributed by atoms with Gasteiger partial charge in [0.05, 0.1) is 6.04 Å². The summed E-state index contributed by atoms with van der Waals surface area (Å²) < 4.78 is 0. The SMILES string of the molecule is CCCCC(C)NC(c1ccccc1)c1ccccc1. The van der Waals surface area contributed by atoms with Gasteiger partial charge in [-0.05, 0) is 24.5 Å². The molecule has 2 aromatic carbocycles. The monoisotopic (exact) mass is 267 g/mol. The van der Waals surface area contributed by atoms with E-state index in [1.165, 1.54) is 30.4 Å². The zero-order valence-electron chi connectivity index (χ0n) is 12.5. The Labute approximate surface area is 123 Å². The molecule has 0 fully saturated rings. The van der Waals surface area contributed by atoms with Crippen molar-refractivity contribution in [3.8, 4) is 0 Å². The number of unbranched alkanes of at least 4 members (excludes halogenated alkanes) is 1. The highest BCUT2D eigenvalue weighted by Gasteiger charge is 2.15. The highest BCUT2D eigenvalue weighted by molar-refractivity contribution is 5.31. The second-order valence-corrected chi connectivity index (χ2v) is 5.46. The van der Waals surface area contributed by atoms with Gasteiger partial charge in [-0.2, -0.15) is 0 Å². The summed E-state index contributed by atoms with van der Waals surface area (Å²) in [5, 5.41) is 3.78. The van der Waals surface area contributed by atoms with Gasteiger partial charge in [0.2, 0.25) is 0 Å². The molecule has 20 heavy (non-hydrogen) atoms. The van der Waals surface area contributed by atoms with Gasteiger partial charge in [-0.15, -0.1) is 0 Å². The van der Waals surface area contributed by atoms with Crippen LogP contribution in [0.15, 0.2) is 60.7 Å². The summed E-state index contributed by atoms with van der Waals surface area (Å²) in [7, 11) is 0. The van der Waals surface area contributed by atoms with Crippen molar-refractivity contribution in [2.45, 2.75) is 45.2 Å². The second kappa shape index (κ2) is 7.86. The smallest absolute Gasteiger partial charge is 0.0578 e. The van der Waals surface area contributed by atoms with E-state index in [4.69, 9.17) is 0 Å². The van der Waals surface area contributed by atoms with E-state index in [-0.39, 0.29) is 6.04 Å². The Morgan fingerprint density at radius 1 is 0.850 bits per heavy atom. The van der Waals surface area contributed by atoms with Crippen LogP contribution < -0.4 is 5.32 Å². The van der Waals surface area contributed by atoms with E-state index in [9.17, 15) is 0 Å². The summed E-state index contributed by atoms with van der Waals surface area (Å²) in [6, 6.07) is 22.2. The summed E-state index contributed by atoms with van der Waals surface area (Å²) >= 11 is 0. The van der Waals surface area contributed by atoms with Gasteiger partial charge >= 0.3 is 0 Å². The number of hydrogen-bond donors (Lipinski definition) is 1. The molecular weight excluding hydrogens is 242 g/mol. The molecule has 1 unspecified atom stereocenters. The molecule has 0 saturated carbocycles. The standard InChI is InChI=1S/C19H25N/c1-3-4-11-16(2)20-19(17-12-7-5-8-13-17)18-14-9-6-10-15-18/h5-10,12-16,19-20H,3-4,11H2,1-2H3. The summed E-state index contributed by atoms with van der Waals surface area (Å²) in [5.74, 6) is 0. The average molecular weight is 267 g/mol. The zero-order valence-corrected chi connectivity index (χ0v) is 12.5. The van der Waals surface area contributed by atoms with Gasteiger partial charge in [0.1, 0.15) is 0 Å². The molecular formula is C19H25N. The van der Waals surface area contributed by atoms with Crippen LogP contribution in [-0.4, -0.2) is 6.04 Å². The van der Waals surface area contributed by atoms with Gasteiger partial charge < -0.3 is 5.32 Å². The molecule has 1 N–H and O–H groups in total. The Morgan fingerprint density at radius 3 is 1.80 bits per heavy atom. The second-order valence-electron chi connectivity index (χ2n) is 5.46. The summed E-state index contributed by atoms with van der Waals surface area (Å²) in [6.07, 6.45) is 3.77. The van der Waals surface area contributed by atoms with Crippen LogP contribution in [0.1, 0.15) is 50.3 Å². The molecule has 0 radical (unpaired) electrons. The molecule has 1 heteroatoms. The van der Waals surface area contributed by atoms with Gasteiger partial charge in [-0.3, -0.25) is 0 Å². The highest BCUT2D eigenvalue weighted by atomic mass is 14.9. The van der Waals surface area contributed by atoms with Crippen LogP contribution in [0, 0.1) is 0 Å². The van der Waals surface area contributed by atoms with E-state index in [0.717, 1.165) is 0 Å². The minimum absolute atomic E-state index is 0.282. The van der Waals surface area contributed by atoms with Crippen LogP contribution in [0.25, 0.3) is 0 Å². The van der Waals surface area contributed by atoms with Crippen molar-refractivity contribution in [1.82, 2.24) is 5.32 Å². The quantitative estimate of drug-likeness (QED) is 0.749. The largest absolute Gasteiger partial charge is 0.304 e. The summed E-state index contributed by atoms with van der Waals surface area (Å²) in [4.78, 5) is 0. The van der Waals surface area contributed by atoms with Crippen LogP contribution >= 0.6 is 0 Å². The molecule has 1 nitrogen and oxygen atoms in total. The van der Waals surface area contributed by atoms with Crippen molar-refractivity contribution < 1.29 is 0 Å². The lowest BCUT2D eigenvalue weighted by Gasteiger charge is -2.24. The predicted octanol–water partition coefficient (Wildman–Crippen LogP) is 4.94. The first-order valence-electron chi connectivity index (χ1n) is 7.67. The Bertz CT molecular complexity index is 438.